The third kappa shape index (κ3) is 3.88. The van der Waals surface area contributed by atoms with Crippen molar-refractivity contribution in [3.05, 3.63) is 42.2 Å². The molecule has 1 aromatic carbocycles. The number of carboxylic acid groups (broad SMARTS) is 1. The Morgan fingerprint density at radius 2 is 1.95 bits per heavy atom. The fraction of sp³-hybridized carbons (Fsp3) is 0.286. The molecule has 0 atom stereocenters. The molecule has 0 bridgehead atoms. The second-order valence-electron chi connectivity index (χ2n) is 4.43. The number of halogens is 2. The number of aromatic nitrogens is 2. The lowest BCUT2D eigenvalue weighted by Crippen LogP contribution is -2.06. The number of benzene rings is 1. The maximum Gasteiger partial charge on any atom is 0.303 e. The van der Waals surface area contributed by atoms with Crippen molar-refractivity contribution in [2.75, 3.05) is 0 Å². The van der Waals surface area contributed by atoms with Crippen LogP contribution in [0.1, 0.15) is 12.0 Å². The third-order valence-corrected chi connectivity index (χ3v) is 2.87. The van der Waals surface area contributed by atoms with Crippen LogP contribution in [-0.4, -0.2) is 27.3 Å². The van der Waals surface area contributed by atoms with Gasteiger partial charge in [-0.05, 0) is 17.5 Å². The van der Waals surface area contributed by atoms with Gasteiger partial charge in [0.2, 0.25) is 0 Å². The van der Waals surface area contributed by atoms with Crippen LogP contribution >= 0.6 is 0 Å². The predicted molar refractivity (Wildman–Crippen MR) is 69.6 cm³/mol. The van der Waals surface area contributed by atoms with E-state index in [1.54, 1.807) is 6.20 Å². The van der Waals surface area contributed by atoms with Crippen molar-refractivity contribution in [2.24, 2.45) is 0 Å². The van der Waals surface area contributed by atoms with E-state index in [0.29, 0.717) is 6.42 Å². The summed E-state index contributed by atoms with van der Waals surface area (Å²) in [5, 5.41) is 12.5. The molecule has 1 heterocycles. The molecule has 0 saturated carbocycles. The van der Waals surface area contributed by atoms with Gasteiger partial charge < -0.3 is 5.11 Å². The fourth-order valence-corrected chi connectivity index (χ4v) is 1.87. The van der Waals surface area contributed by atoms with E-state index in [4.69, 9.17) is 5.11 Å². The van der Waals surface area contributed by atoms with Gasteiger partial charge in [0.25, 0.3) is 6.43 Å². The summed E-state index contributed by atoms with van der Waals surface area (Å²) in [6.45, 7) is -0.420. The zero-order chi connectivity index (χ0) is 14.5. The molecule has 1 aromatic heterocycles. The van der Waals surface area contributed by atoms with E-state index in [1.165, 1.54) is 10.9 Å². The highest BCUT2D eigenvalue weighted by atomic mass is 19.3. The van der Waals surface area contributed by atoms with Crippen LogP contribution < -0.4 is 0 Å². The highest BCUT2D eigenvalue weighted by Gasteiger charge is 2.07. The normalized spacial score (nSPS) is 10.9. The second kappa shape index (κ2) is 6.27. The minimum absolute atomic E-state index is 0.0890. The van der Waals surface area contributed by atoms with E-state index < -0.39 is 18.9 Å². The Morgan fingerprint density at radius 1 is 1.25 bits per heavy atom. The Kier molecular flexibility index (Phi) is 4.45. The van der Waals surface area contributed by atoms with Crippen LogP contribution in [-0.2, 0) is 17.8 Å². The zero-order valence-electron chi connectivity index (χ0n) is 10.7. The van der Waals surface area contributed by atoms with E-state index in [-0.39, 0.29) is 6.42 Å². The second-order valence-corrected chi connectivity index (χ2v) is 4.43. The lowest BCUT2D eigenvalue weighted by atomic mass is 10.0. The Morgan fingerprint density at radius 3 is 2.55 bits per heavy atom. The smallest absolute Gasteiger partial charge is 0.303 e. The number of rotatable bonds is 6. The molecular formula is C14H14F2N2O2. The molecule has 0 spiro atoms. The Bertz CT molecular complexity index is 579. The van der Waals surface area contributed by atoms with Crippen molar-refractivity contribution in [3.63, 3.8) is 0 Å². The molecule has 0 radical (unpaired) electrons. The van der Waals surface area contributed by atoms with E-state index in [9.17, 15) is 13.6 Å². The minimum Gasteiger partial charge on any atom is -0.481 e. The van der Waals surface area contributed by atoms with Gasteiger partial charge in [-0.2, -0.15) is 5.10 Å². The molecule has 0 aliphatic heterocycles. The Hall–Kier alpha value is -2.24. The topological polar surface area (TPSA) is 55.1 Å². The molecule has 0 saturated heterocycles. The lowest BCUT2D eigenvalue weighted by Gasteiger charge is -2.01. The molecule has 2 rings (SSSR count). The van der Waals surface area contributed by atoms with E-state index in [0.717, 1.165) is 16.7 Å². The quantitative estimate of drug-likeness (QED) is 0.885. The summed E-state index contributed by atoms with van der Waals surface area (Å²) in [6.07, 6.45) is 1.24. The summed E-state index contributed by atoms with van der Waals surface area (Å²) in [7, 11) is 0. The molecule has 6 heteroatoms. The maximum absolute atomic E-state index is 12.2. The first-order valence-electron chi connectivity index (χ1n) is 6.16. The monoisotopic (exact) mass is 280 g/mol. The summed E-state index contributed by atoms with van der Waals surface area (Å²) in [4.78, 5) is 10.5. The first kappa shape index (κ1) is 14.2. The molecule has 0 unspecified atom stereocenters. The molecular weight excluding hydrogens is 266 g/mol. The van der Waals surface area contributed by atoms with Gasteiger partial charge >= 0.3 is 5.97 Å². The van der Waals surface area contributed by atoms with Gasteiger partial charge in [-0.15, -0.1) is 0 Å². The first-order valence-corrected chi connectivity index (χ1v) is 6.16. The molecule has 2 aromatic rings. The van der Waals surface area contributed by atoms with E-state index in [1.807, 2.05) is 24.3 Å². The SMILES string of the molecule is O=C(O)CCc1ccc(-c2cnn(CC(F)F)c2)cc1. The number of carbonyl (C=O) groups is 1. The molecule has 0 fully saturated rings. The van der Waals surface area contributed by atoms with Crippen LogP contribution in [0.5, 0.6) is 0 Å². The summed E-state index contributed by atoms with van der Waals surface area (Å²) in [5.41, 5.74) is 2.55. The van der Waals surface area contributed by atoms with Crippen LogP contribution in [0, 0.1) is 0 Å². The molecule has 1 N–H and O–H groups in total. The third-order valence-electron chi connectivity index (χ3n) is 2.87. The van der Waals surface area contributed by atoms with Crippen LogP contribution in [0.25, 0.3) is 11.1 Å². The highest BCUT2D eigenvalue weighted by Crippen LogP contribution is 2.20. The van der Waals surface area contributed by atoms with Crippen molar-refractivity contribution in [2.45, 2.75) is 25.8 Å². The van der Waals surface area contributed by atoms with Gasteiger partial charge in [0.05, 0.1) is 6.20 Å². The molecule has 0 amide bonds. The van der Waals surface area contributed by atoms with Crippen molar-refractivity contribution in [1.82, 2.24) is 9.78 Å². The lowest BCUT2D eigenvalue weighted by molar-refractivity contribution is -0.136. The van der Waals surface area contributed by atoms with Crippen LogP contribution in [0.4, 0.5) is 8.78 Å². The number of alkyl halides is 2. The summed E-state index contributed by atoms with van der Waals surface area (Å²) >= 11 is 0. The van der Waals surface area contributed by atoms with E-state index in [2.05, 4.69) is 5.10 Å². The Balaban J connectivity index is 2.05. The molecule has 0 aliphatic rings. The van der Waals surface area contributed by atoms with Gasteiger partial charge in [-0.1, -0.05) is 24.3 Å². The number of nitrogens with zero attached hydrogens (tertiary/aromatic N) is 2. The van der Waals surface area contributed by atoms with Crippen LogP contribution in [0.3, 0.4) is 0 Å². The zero-order valence-corrected chi connectivity index (χ0v) is 10.7. The number of carboxylic acids is 1. The number of aliphatic carboxylic acids is 1. The Labute approximate surface area is 114 Å². The van der Waals surface area contributed by atoms with Crippen molar-refractivity contribution < 1.29 is 18.7 Å². The van der Waals surface area contributed by atoms with Gasteiger partial charge in [0.15, 0.2) is 0 Å². The molecule has 20 heavy (non-hydrogen) atoms. The average molecular weight is 280 g/mol. The number of aryl methyl sites for hydroxylation is 1. The largest absolute Gasteiger partial charge is 0.481 e. The standard InChI is InChI=1S/C14H14F2N2O2/c15-13(16)9-18-8-12(7-17-18)11-4-1-10(2-5-11)3-6-14(19)20/h1-2,4-5,7-8,13H,3,6,9H2,(H,19,20). The summed E-state index contributed by atoms with van der Waals surface area (Å²) < 4.78 is 25.7. The average Bonchev–Trinajstić information content (AvgIpc) is 2.84. The van der Waals surface area contributed by atoms with Crippen molar-refractivity contribution >= 4 is 5.97 Å². The minimum atomic E-state index is -2.43. The van der Waals surface area contributed by atoms with E-state index >= 15 is 0 Å². The first-order chi connectivity index (χ1) is 9.54. The van der Waals surface area contributed by atoms with Crippen LogP contribution in [0.15, 0.2) is 36.7 Å². The molecule has 106 valence electrons. The molecule has 4 nitrogen and oxygen atoms in total. The van der Waals surface area contributed by atoms with Gasteiger partial charge in [0, 0.05) is 18.2 Å². The van der Waals surface area contributed by atoms with Crippen LogP contribution in [0.2, 0.25) is 0 Å². The summed E-state index contributed by atoms with van der Waals surface area (Å²) in [5.74, 6) is -0.831. The molecule has 0 aliphatic carbocycles. The van der Waals surface area contributed by atoms with Gasteiger partial charge in [0.1, 0.15) is 6.54 Å². The number of hydrogen-bond acceptors (Lipinski definition) is 2. The predicted octanol–water partition coefficient (Wildman–Crippen LogP) is 2.83. The summed E-state index contributed by atoms with van der Waals surface area (Å²) in [6, 6.07) is 7.34. The fourth-order valence-electron chi connectivity index (χ4n) is 1.87. The van der Waals surface area contributed by atoms with Gasteiger partial charge in [-0.3, -0.25) is 9.48 Å². The van der Waals surface area contributed by atoms with Crippen molar-refractivity contribution in [3.8, 4) is 11.1 Å². The maximum atomic E-state index is 12.2. The van der Waals surface area contributed by atoms with Gasteiger partial charge in [-0.25, -0.2) is 8.78 Å². The van der Waals surface area contributed by atoms with Crippen molar-refractivity contribution in [1.29, 1.82) is 0 Å². The highest BCUT2D eigenvalue weighted by molar-refractivity contribution is 5.67. The number of hydrogen-bond donors (Lipinski definition) is 1.